The molecular weight excluding hydrogens is 228 g/mol. The summed E-state index contributed by atoms with van der Waals surface area (Å²) >= 11 is 0. The van der Waals surface area contributed by atoms with Crippen LogP contribution in [0.4, 0.5) is 5.69 Å². The highest BCUT2D eigenvalue weighted by molar-refractivity contribution is 5.91. The molecule has 0 fully saturated rings. The number of carbonyl (C=O) groups is 1. The number of hydrogen-bond donors (Lipinski definition) is 1. The molecule has 0 unspecified atom stereocenters. The van der Waals surface area contributed by atoms with Crippen molar-refractivity contribution in [2.75, 3.05) is 5.32 Å². The van der Waals surface area contributed by atoms with E-state index in [9.17, 15) is 4.79 Å². The summed E-state index contributed by atoms with van der Waals surface area (Å²) in [5.41, 5.74) is 3.15. The van der Waals surface area contributed by atoms with Crippen molar-refractivity contribution in [1.29, 1.82) is 0 Å². The zero-order chi connectivity index (χ0) is 13.0. The molecular formula is C13H16N4O. The number of carbonyl (C=O) groups excluding carboxylic acids is 1. The summed E-state index contributed by atoms with van der Waals surface area (Å²) in [6, 6.07) is 5.88. The fourth-order valence-corrected chi connectivity index (χ4v) is 1.66. The van der Waals surface area contributed by atoms with E-state index in [4.69, 9.17) is 0 Å². The SMILES string of the molecule is Cc1cccc(NC(=O)CCn2cncn2)c1C. The Morgan fingerprint density at radius 2 is 2.22 bits per heavy atom. The van der Waals surface area contributed by atoms with E-state index in [0.29, 0.717) is 13.0 Å². The average molecular weight is 244 g/mol. The molecule has 1 N–H and O–H groups in total. The van der Waals surface area contributed by atoms with Gasteiger partial charge in [-0.05, 0) is 31.0 Å². The van der Waals surface area contributed by atoms with E-state index in [1.54, 1.807) is 11.0 Å². The molecule has 0 atom stereocenters. The van der Waals surface area contributed by atoms with Crippen LogP contribution in [-0.4, -0.2) is 20.7 Å². The Bertz CT molecular complexity index is 534. The van der Waals surface area contributed by atoms with Gasteiger partial charge in [-0.2, -0.15) is 5.10 Å². The molecule has 0 aliphatic carbocycles. The van der Waals surface area contributed by atoms with Crippen LogP contribution >= 0.6 is 0 Å². The van der Waals surface area contributed by atoms with Crippen LogP contribution in [-0.2, 0) is 11.3 Å². The van der Waals surface area contributed by atoms with Crippen LogP contribution in [0, 0.1) is 13.8 Å². The van der Waals surface area contributed by atoms with Crippen LogP contribution in [0.2, 0.25) is 0 Å². The molecule has 0 spiro atoms. The minimum atomic E-state index is -0.0146. The van der Waals surface area contributed by atoms with Gasteiger partial charge in [0.25, 0.3) is 0 Å². The quantitative estimate of drug-likeness (QED) is 0.893. The van der Waals surface area contributed by atoms with Gasteiger partial charge in [-0.15, -0.1) is 0 Å². The Morgan fingerprint density at radius 1 is 1.39 bits per heavy atom. The van der Waals surface area contributed by atoms with Crippen molar-refractivity contribution >= 4 is 11.6 Å². The van der Waals surface area contributed by atoms with Crippen molar-refractivity contribution < 1.29 is 4.79 Å². The Morgan fingerprint density at radius 3 is 2.94 bits per heavy atom. The minimum Gasteiger partial charge on any atom is -0.326 e. The molecule has 1 aromatic heterocycles. The third-order valence-electron chi connectivity index (χ3n) is 2.91. The number of rotatable bonds is 4. The molecule has 0 radical (unpaired) electrons. The molecule has 18 heavy (non-hydrogen) atoms. The zero-order valence-corrected chi connectivity index (χ0v) is 10.6. The molecule has 1 amide bonds. The molecule has 1 heterocycles. The van der Waals surface area contributed by atoms with Gasteiger partial charge < -0.3 is 5.32 Å². The lowest BCUT2D eigenvalue weighted by molar-refractivity contribution is -0.116. The van der Waals surface area contributed by atoms with Gasteiger partial charge in [0.15, 0.2) is 0 Å². The maximum absolute atomic E-state index is 11.8. The van der Waals surface area contributed by atoms with Crippen LogP contribution in [0.5, 0.6) is 0 Å². The van der Waals surface area contributed by atoms with Gasteiger partial charge in [0.1, 0.15) is 12.7 Å². The van der Waals surface area contributed by atoms with Crippen LogP contribution in [0.1, 0.15) is 17.5 Å². The smallest absolute Gasteiger partial charge is 0.226 e. The lowest BCUT2D eigenvalue weighted by atomic mass is 10.1. The second-order valence-corrected chi connectivity index (χ2v) is 4.20. The van der Waals surface area contributed by atoms with Gasteiger partial charge in [-0.25, -0.2) is 4.98 Å². The van der Waals surface area contributed by atoms with Gasteiger partial charge >= 0.3 is 0 Å². The standard InChI is InChI=1S/C13H16N4O/c1-10-4-3-5-12(11(10)2)16-13(18)6-7-17-9-14-8-15-17/h3-5,8-9H,6-7H2,1-2H3,(H,16,18). The lowest BCUT2D eigenvalue weighted by Gasteiger charge is -2.10. The van der Waals surface area contributed by atoms with Crippen LogP contribution in [0.15, 0.2) is 30.9 Å². The molecule has 5 nitrogen and oxygen atoms in total. The number of nitrogens with zero attached hydrogens (tertiary/aromatic N) is 3. The summed E-state index contributed by atoms with van der Waals surface area (Å²) in [6.45, 7) is 4.57. The molecule has 0 saturated carbocycles. The maximum atomic E-state index is 11.8. The highest BCUT2D eigenvalue weighted by Crippen LogP contribution is 2.17. The first kappa shape index (κ1) is 12.3. The van der Waals surface area contributed by atoms with Gasteiger partial charge in [0, 0.05) is 12.1 Å². The summed E-state index contributed by atoms with van der Waals surface area (Å²) in [5.74, 6) is -0.0146. The Labute approximate surface area is 106 Å². The van der Waals surface area contributed by atoms with Gasteiger partial charge in [-0.1, -0.05) is 12.1 Å². The predicted molar refractivity (Wildman–Crippen MR) is 69.2 cm³/mol. The van der Waals surface area contributed by atoms with Crippen LogP contribution in [0.25, 0.3) is 0 Å². The van der Waals surface area contributed by atoms with E-state index in [0.717, 1.165) is 11.3 Å². The summed E-state index contributed by atoms with van der Waals surface area (Å²) < 4.78 is 1.64. The molecule has 0 saturated heterocycles. The summed E-state index contributed by atoms with van der Waals surface area (Å²) in [7, 11) is 0. The zero-order valence-electron chi connectivity index (χ0n) is 10.6. The van der Waals surface area contributed by atoms with Gasteiger partial charge in [0.2, 0.25) is 5.91 Å². The van der Waals surface area contributed by atoms with E-state index in [-0.39, 0.29) is 5.91 Å². The second kappa shape index (κ2) is 5.44. The summed E-state index contributed by atoms with van der Waals surface area (Å²) in [4.78, 5) is 15.6. The fourth-order valence-electron chi connectivity index (χ4n) is 1.66. The third kappa shape index (κ3) is 2.94. The molecule has 1 aromatic carbocycles. The van der Waals surface area contributed by atoms with Crippen molar-refractivity contribution in [3.8, 4) is 0 Å². The molecule has 94 valence electrons. The topological polar surface area (TPSA) is 59.8 Å². The summed E-state index contributed by atoms with van der Waals surface area (Å²) in [6.07, 6.45) is 3.45. The number of amides is 1. The average Bonchev–Trinajstić information content (AvgIpc) is 2.86. The normalized spacial score (nSPS) is 10.3. The number of aryl methyl sites for hydroxylation is 2. The Balaban J connectivity index is 1.93. The molecule has 0 aliphatic rings. The van der Waals surface area contributed by atoms with E-state index < -0.39 is 0 Å². The molecule has 5 heteroatoms. The highest BCUT2D eigenvalue weighted by atomic mass is 16.1. The van der Waals surface area contributed by atoms with Crippen molar-refractivity contribution in [1.82, 2.24) is 14.8 Å². The first-order valence-electron chi connectivity index (χ1n) is 5.85. The van der Waals surface area contributed by atoms with E-state index in [2.05, 4.69) is 15.4 Å². The Hall–Kier alpha value is -2.17. The fraction of sp³-hybridized carbons (Fsp3) is 0.308. The van der Waals surface area contributed by atoms with Gasteiger partial charge in [-0.3, -0.25) is 9.48 Å². The largest absolute Gasteiger partial charge is 0.326 e. The monoisotopic (exact) mass is 244 g/mol. The third-order valence-corrected chi connectivity index (χ3v) is 2.91. The molecule has 0 bridgehead atoms. The maximum Gasteiger partial charge on any atom is 0.226 e. The van der Waals surface area contributed by atoms with Crippen LogP contribution in [0.3, 0.4) is 0 Å². The van der Waals surface area contributed by atoms with Crippen molar-refractivity contribution in [2.24, 2.45) is 0 Å². The van der Waals surface area contributed by atoms with Crippen molar-refractivity contribution in [2.45, 2.75) is 26.8 Å². The number of nitrogens with one attached hydrogen (secondary N) is 1. The highest BCUT2D eigenvalue weighted by Gasteiger charge is 2.06. The number of benzene rings is 1. The number of hydrogen-bond acceptors (Lipinski definition) is 3. The predicted octanol–water partition coefficient (Wildman–Crippen LogP) is 1.92. The van der Waals surface area contributed by atoms with Crippen molar-refractivity contribution in [3.63, 3.8) is 0 Å². The molecule has 0 aliphatic heterocycles. The summed E-state index contributed by atoms with van der Waals surface area (Å²) in [5, 5.41) is 6.87. The first-order valence-corrected chi connectivity index (χ1v) is 5.85. The van der Waals surface area contributed by atoms with Gasteiger partial charge in [0.05, 0.1) is 6.54 Å². The Kier molecular flexibility index (Phi) is 3.72. The van der Waals surface area contributed by atoms with E-state index >= 15 is 0 Å². The number of aromatic nitrogens is 3. The minimum absolute atomic E-state index is 0.0146. The molecule has 2 aromatic rings. The second-order valence-electron chi connectivity index (χ2n) is 4.20. The number of anilines is 1. The van der Waals surface area contributed by atoms with E-state index in [1.807, 2.05) is 32.0 Å². The van der Waals surface area contributed by atoms with Crippen LogP contribution < -0.4 is 5.32 Å². The first-order chi connectivity index (χ1) is 8.66. The molecule has 2 rings (SSSR count). The van der Waals surface area contributed by atoms with Crippen molar-refractivity contribution in [3.05, 3.63) is 42.0 Å². The van der Waals surface area contributed by atoms with E-state index in [1.165, 1.54) is 11.9 Å². The lowest BCUT2D eigenvalue weighted by Crippen LogP contribution is -2.15.